The van der Waals surface area contributed by atoms with E-state index < -0.39 is 12.3 Å². The van der Waals surface area contributed by atoms with Gasteiger partial charge >= 0.3 is 6.36 Å². The number of hydrogen-bond donors (Lipinski definition) is 1. The molecule has 0 aliphatic carbocycles. The van der Waals surface area contributed by atoms with Gasteiger partial charge < -0.3 is 14.8 Å². The first-order valence-corrected chi connectivity index (χ1v) is 7.12. The van der Waals surface area contributed by atoms with Crippen molar-refractivity contribution in [2.75, 3.05) is 11.9 Å². The Kier molecular flexibility index (Phi) is 5.63. The Hall–Kier alpha value is -3.03. The van der Waals surface area contributed by atoms with Crippen LogP contribution < -0.4 is 14.8 Å². The van der Waals surface area contributed by atoms with Gasteiger partial charge in [-0.25, -0.2) is 0 Å². The number of hydrogen-bond acceptors (Lipinski definition) is 4. The highest BCUT2D eigenvalue weighted by Crippen LogP contribution is 2.24. The summed E-state index contributed by atoms with van der Waals surface area (Å²) in [6.45, 7) is 1.10. The molecule has 0 saturated carbocycles. The van der Waals surface area contributed by atoms with Crippen LogP contribution >= 0.6 is 0 Å². The van der Waals surface area contributed by atoms with E-state index in [-0.39, 0.29) is 18.1 Å². The summed E-state index contributed by atoms with van der Waals surface area (Å²) in [5, 5.41) is 2.47. The number of amides is 1. The average molecular weight is 353 g/mol. The molecule has 8 heteroatoms. The molecule has 0 radical (unpaired) electrons. The lowest BCUT2D eigenvalue weighted by Crippen LogP contribution is -2.20. The molecule has 0 saturated heterocycles. The first-order chi connectivity index (χ1) is 11.7. The Labute approximate surface area is 141 Å². The van der Waals surface area contributed by atoms with Crippen LogP contribution in [0.3, 0.4) is 0 Å². The second-order valence-electron chi connectivity index (χ2n) is 4.99. The minimum Gasteiger partial charge on any atom is -0.484 e. The largest absolute Gasteiger partial charge is 0.573 e. The van der Waals surface area contributed by atoms with Crippen molar-refractivity contribution in [1.82, 2.24) is 0 Å². The summed E-state index contributed by atoms with van der Waals surface area (Å²) in [6, 6.07) is 11.1. The van der Waals surface area contributed by atoms with Crippen LogP contribution in [0, 0.1) is 0 Å². The number of ketones is 1. The zero-order valence-corrected chi connectivity index (χ0v) is 13.1. The van der Waals surface area contributed by atoms with E-state index in [0.29, 0.717) is 17.0 Å². The minimum absolute atomic E-state index is 0.129. The molecule has 5 nitrogen and oxygen atoms in total. The van der Waals surface area contributed by atoms with E-state index in [1.54, 1.807) is 18.2 Å². The van der Waals surface area contributed by atoms with Gasteiger partial charge in [0.05, 0.1) is 0 Å². The molecule has 0 aliphatic rings. The summed E-state index contributed by atoms with van der Waals surface area (Å²) in [4.78, 5) is 23.1. The van der Waals surface area contributed by atoms with Gasteiger partial charge in [0, 0.05) is 11.3 Å². The number of halogens is 3. The number of rotatable bonds is 6. The van der Waals surface area contributed by atoms with Crippen LogP contribution in [0.4, 0.5) is 18.9 Å². The minimum atomic E-state index is -4.77. The third-order valence-corrected chi connectivity index (χ3v) is 2.98. The number of Topliss-reactive ketones (excluding diaryl/α,β-unsaturated/α-hetero) is 1. The van der Waals surface area contributed by atoms with Crippen molar-refractivity contribution in [3.8, 4) is 11.5 Å². The van der Waals surface area contributed by atoms with Crippen LogP contribution in [-0.2, 0) is 4.79 Å². The molecule has 0 aliphatic heterocycles. The fraction of sp³-hybridized carbons (Fsp3) is 0.176. The topological polar surface area (TPSA) is 64.6 Å². The zero-order chi connectivity index (χ0) is 18.4. The molecule has 0 atom stereocenters. The van der Waals surface area contributed by atoms with E-state index in [1.165, 1.54) is 25.1 Å². The maximum atomic E-state index is 12.1. The number of anilines is 1. The van der Waals surface area contributed by atoms with Gasteiger partial charge in [0.25, 0.3) is 5.91 Å². The van der Waals surface area contributed by atoms with Gasteiger partial charge in [-0.05, 0) is 43.3 Å². The predicted octanol–water partition coefficient (Wildman–Crippen LogP) is 3.81. The van der Waals surface area contributed by atoms with Crippen molar-refractivity contribution < 1.29 is 32.2 Å². The molecule has 0 aromatic heterocycles. The number of ether oxygens (including phenoxy) is 2. The van der Waals surface area contributed by atoms with Crippen molar-refractivity contribution >= 4 is 17.4 Å². The summed E-state index contributed by atoms with van der Waals surface area (Å²) in [7, 11) is 0. The van der Waals surface area contributed by atoms with E-state index in [2.05, 4.69) is 10.1 Å². The van der Waals surface area contributed by atoms with E-state index in [0.717, 1.165) is 12.1 Å². The van der Waals surface area contributed by atoms with Crippen LogP contribution in [0.5, 0.6) is 11.5 Å². The Morgan fingerprint density at radius 3 is 2.32 bits per heavy atom. The van der Waals surface area contributed by atoms with Gasteiger partial charge in [-0.1, -0.05) is 12.1 Å². The van der Waals surface area contributed by atoms with Crippen LogP contribution in [0.15, 0.2) is 48.5 Å². The molecule has 2 aromatic carbocycles. The van der Waals surface area contributed by atoms with Crippen LogP contribution in [0.1, 0.15) is 17.3 Å². The van der Waals surface area contributed by atoms with Crippen molar-refractivity contribution in [3.63, 3.8) is 0 Å². The molecular weight excluding hydrogens is 339 g/mol. The second kappa shape index (κ2) is 7.69. The molecule has 2 aromatic rings. The Bertz CT molecular complexity index is 757. The number of nitrogens with one attached hydrogen (secondary N) is 1. The van der Waals surface area contributed by atoms with Gasteiger partial charge in [0.2, 0.25) is 0 Å². The Morgan fingerprint density at radius 2 is 1.72 bits per heavy atom. The van der Waals surface area contributed by atoms with Crippen LogP contribution in [0.2, 0.25) is 0 Å². The maximum Gasteiger partial charge on any atom is 0.573 e. The van der Waals surface area contributed by atoms with Gasteiger partial charge in [-0.2, -0.15) is 0 Å². The van der Waals surface area contributed by atoms with Crippen LogP contribution in [-0.4, -0.2) is 24.7 Å². The van der Waals surface area contributed by atoms with Crippen molar-refractivity contribution in [1.29, 1.82) is 0 Å². The fourth-order valence-corrected chi connectivity index (χ4v) is 1.89. The Balaban J connectivity index is 1.88. The highest BCUT2D eigenvalue weighted by molar-refractivity contribution is 5.94. The molecule has 0 fully saturated rings. The summed E-state index contributed by atoms with van der Waals surface area (Å²) in [5.74, 6) is -0.659. The molecule has 0 spiro atoms. The van der Waals surface area contributed by atoms with Gasteiger partial charge in [0.15, 0.2) is 12.4 Å². The molecule has 1 amide bonds. The molecule has 0 bridgehead atoms. The van der Waals surface area contributed by atoms with E-state index in [9.17, 15) is 22.8 Å². The first-order valence-electron chi connectivity index (χ1n) is 7.12. The highest BCUT2D eigenvalue weighted by atomic mass is 19.4. The first kappa shape index (κ1) is 18.3. The maximum absolute atomic E-state index is 12.1. The van der Waals surface area contributed by atoms with Gasteiger partial charge in [-0.3, -0.25) is 9.59 Å². The predicted molar refractivity (Wildman–Crippen MR) is 83.7 cm³/mol. The monoisotopic (exact) mass is 353 g/mol. The van der Waals surface area contributed by atoms with E-state index in [4.69, 9.17) is 4.74 Å². The Morgan fingerprint density at radius 1 is 1.04 bits per heavy atom. The summed E-state index contributed by atoms with van der Waals surface area (Å²) < 4.78 is 45.2. The number of alkyl halides is 3. The van der Waals surface area contributed by atoms with Crippen molar-refractivity contribution in [2.24, 2.45) is 0 Å². The lowest BCUT2D eigenvalue weighted by atomic mass is 10.1. The molecule has 0 heterocycles. The smallest absolute Gasteiger partial charge is 0.484 e. The molecule has 132 valence electrons. The zero-order valence-electron chi connectivity index (χ0n) is 13.1. The third-order valence-electron chi connectivity index (χ3n) is 2.98. The van der Waals surface area contributed by atoms with E-state index >= 15 is 0 Å². The summed E-state index contributed by atoms with van der Waals surface area (Å²) >= 11 is 0. The lowest BCUT2D eigenvalue weighted by Gasteiger charge is -2.10. The number of benzene rings is 2. The summed E-state index contributed by atoms with van der Waals surface area (Å²) in [6.07, 6.45) is -4.77. The van der Waals surface area contributed by atoms with Crippen molar-refractivity contribution in [2.45, 2.75) is 13.3 Å². The SMILES string of the molecule is CC(=O)c1cccc(OCC(=O)Nc2ccc(OC(F)(F)F)cc2)c1. The van der Waals surface area contributed by atoms with E-state index in [1.807, 2.05) is 0 Å². The number of carbonyl (C=O) groups is 2. The quantitative estimate of drug-likeness (QED) is 0.802. The second-order valence-corrected chi connectivity index (χ2v) is 4.99. The number of carbonyl (C=O) groups excluding carboxylic acids is 2. The molecule has 1 N–H and O–H groups in total. The molecule has 2 rings (SSSR count). The van der Waals surface area contributed by atoms with Crippen LogP contribution in [0.25, 0.3) is 0 Å². The fourth-order valence-electron chi connectivity index (χ4n) is 1.89. The van der Waals surface area contributed by atoms with Gasteiger partial charge in [-0.15, -0.1) is 13.2 Å². The molecular formula is C17H14F3NO4. The van der Waals surface area contributed by atoms with Gasteiger partial charge in [0.1, 0.15) is 11.5 Å². The van der Waals surface area contributed by atoms with Crippen molar-refractivity contribution in [3.05, 3.63) is 54.1 Å². The lowest BCUT2D eigenvalue weighted by molar-refractivity contribution is -0.274. The molecule has 0 unspecified atom stereocenters. The highest BCUT2D eigenvalue weighted by Gasteiger charge is 2.30. The molecule has 25 heavy (non-hydrogen) atoms. The average Bonchev–Trinajstić information content (AvgIpc) is 2.54. The normalized spacial score (nSPS) is 10.9. The summed E-state index contributed by atoms with van der Waals surface area (Å²) in [5.41, 5.74) is 0.749. The third kappa shape index (κ3) is 6.17. The standard InChI is InChI=1S/C17H14F3NO4/c1-11(22)12-3-2-4-15(9-12)24-10-16(23)21-13-5-7-14(8-6-13)25-17(18,19)20/h2-9H,10H2,1H3,(H,21,23).